The number of aryl methyl sites for hydroxylation is 1. The molecule has 0 N–H and O–H groups in total. The summed E-state index contributed by atoms with van der Waals surface area (Å²) in [7, 11) is 5.89. The average molecular weight is 202 g/mol. The summed E-state index contributed by atoms with van der Waals surface area (Å²) in [4.78, 5) is 10.6. The molecule has 0 aliphatic heterocycles. The number of hydrogen-bond donors (Lipinski definition) is 0. The van der Waals surface area contributed by atoms with Crippen LogP contribution in [-0.2, 0) is 7.05 Å². The monoisotopic (exact) mass is 202 g/mol. The fourth-order valence-corrected chi connectivity index (χ4v) is 1.47. The fourth-order valence-electron chi connectivity index (χ4n) is 1.47. The normalized spacial score (nSPS) is 11.4. The standard InChI is InChI=1S/C11H14N4/c1-14(2)8-13-9-7-15(3)10-5-4-6-12-11(9)10/h4-8H,1-3H3. The van der Waals surface area contributed by atoms with Gasteiger partial charge >= 0.3 is 0 Å². The summed E-state index contributed by atoms with van der Waals surface area (Å²) >= 11 is 0. The van der Waals surface area contributed by atoms with Gasteiger partial charge in [0, 0.05) is 33.5 Å². The Morgan fingerprint density at radius 2 is 2.27 bits per heavy atom. The third-order valence-electron chi connectivity index (χ3n) is 2.15. The summed E-state index contributed by atoms with van der Waals surface area (Å²) in [6.45, 7) is 0. The highest BCUT2D eigenvalue weighted by atomic mass is 15.1. The lowest BCUT2D eigenvalue weighted by Gasteiger charge is -2.00. The first-order chi connectivity index (χ1) is 7.18. The highest BCUT2D eigenvalue weighted by Gasteiger charge is 2.04. The maximum atomic E-state index is 4.37. The van der Waals surface area contributed by atoms with Crippen LogP contribution in [0.2, 0.25) is 0 Å². The minimum Gasteiger partial charge on any atom is -0.369 e. The van der Waals surface area contributed by atoms with Gasteiger partial charge in [-0.05, 0) is 12.1 Å². The van der Waals surface area contributed by atoms with Gasteiger partial charge in [0.05, 0.1) is 11.9 Å². The van der Waals surface area contributed by atoms with Crippen molar-refractivity contribution in [3.63, 3.8) is 0 Å². The van der Waals surface area contributed by atoms with Crippen LogP contribution in [0.15, 0.2) is 29.5 Å². The number of nitrogens with zero attached hydrogens (tertiary/aromatic N) is 4. The van der Waals surface area contributed by atoms with Gasteiger partial charge in [0.2, 0.25) is 0 Å². The molecule has 2 aromatic heterocycles. The number of rotatable bonds is 2. The molecule has 0 spiro atoms. The van der Waals surface area contributed by atoms with E-state index in [1.54, 1.807) is 12.5 Å². The summed E-state index contributed by atoms with van der Waals surface area (Å²) in [5.41, 5.74) is 2.95. The van der Waals surface area contributed by atoms with E-state index in [1.807, 2.05) is 48.9 Å². The third-order valence-corrected chi connectivity index (χ3v) is 2.15. The first kappa shape index (κ1) is 9.71. The lowest BCUT2D eigenvalue weighted by atomic mass is 10.3. The second-order valence-electron chi connectivity index (χ2n) is 3.70. The Morgan fingerprint density at radius 3 is 3.00 bits per heavy atom. The van der Waals surface area contributed by atoms with Crippen LogP contribution in [0.4, 0.5) is 5.69 Å². The number of aliphatic imine (C=N–C) groups is 1. The molecule has 0 amide bonds. The van der Waals surface area contributed by atoms with Crippen LogP contribution in [0.5, 0.6) is 0 Å². The van der Waals surface area contributed by atoms with E-state index in [0.29, 0.717) is 0 Å². The largest absolute Gasteiger partial charge is 0.369 e. The van der Waals surface area contributed by atoms with E-state index in [9.17, 15) is 0 Å². The highest BCUT2D eigenvalue weighted by Crippen LogP contribution is 2.24. The molecule has 0 aliphatic carbocycles. The lowest BCUT2D eigenvalue weighted by molar-refractivity contribution is 0.643. The summed E-state index contributed by atoms with van der Waals surface area (Å²) in [5, 5.41) is 0. The van der Waals surface area contributed by atoms with Crippen molar-refractivity contribution in [2.24, 2.45) is 12.0 Å². The van der Waals surface area contributed by atoms with E-state index in [-0.39, 0.29) is 0 Å². The third kappa shape index (κ3) is 1.83. The van der Waals surface area contributed by atoms with Crippen molar-refractivity contribution in [1.29, 1.82) is 0 Å². The molecule has 78 valence electrons. The van der Waals surface area contributed by atoms with Crippen LogP contribution in [0.3, 0.4) is 0 Å². The van der Waals surface area contributed by atoms with Crippen molar-refractivity contribution in [1.82, 2.24) is 14.5 Å². The Kier molecular flexibility index (Phi) is 2.41. The van der Waals surface area contributed by atoms with E-state index in [1.165, 1.54) is 0 Å². The van der Waals surface area contributed by atoms with Crippen molar-refractivity contribution in [3.8, 4) is 0 Å². The Hall–Kier alpha value is -1.84. The first-order valence-corrected chi connectivity index (χ1v) is 4.79. The van der Waals surface area contributed by atoms with Crippen molar-refractivity contribution in [3.05, 3.63) is 24.5 Å². The molecule has 0 bridgehead atoms. The second kappa shape index (κ2) is 3.73. The molecular weight excluding hydrogens is 188 g/mol. The molecule has 0 aromatic carbocycles. The van der Waals surface area contributed by atoms with Crippen LogP contribution in [-0.4, -0.2) is 34.9 Å². The summed E-state index contributed by atoms with van der Waals surface area (Å²) in [6, 6.07) is 3.97. The van der Waals surface area contributed by atoms with E-state index in [4.69, 9.17) is 0 Å². The molecule has 0 fully saturated rings. The Morgan fingerprint density at radius 1 is 1.47 bits per heavy atom. The number of fused-ring (bicyclic) bond motifs is 1. The molecule has 0 aliphatic rings. The molecule has 0 saturated heterocycles. The van der Waals surface area contributed by atoms with E-state index in [0.717, 1.165) is 16.7 Å². The Balaban J connectivity index is 2.52. The smallest absolute Gasteiger partial charge is 0.114 e. The lowest BCUT2D eigenvalue weighted by Crippen LogP contribution is -2.06. The SMILES string of the molecule is CN(C)C=Nc1cn(C)c2cccnc12. The van der Waals surface area contributed by atoms with Gasteiger partial charge in [-0.3, -0.25) is 4.98 Å². The van der Waals surface area contributed by atoms with Crippen LogP contribution in [0.1, 0.15) is 0 Å². The first-order valence-electron chi connectivity index (χ1n) is 4.79. The highest BCUT2D eigenvalue weighted by molar-refractivity contribution is 5.88. The van der Waals surface area contributed by atoms with Gasteiger partial charge in [0.1, 0.15) is 11.2 Å². The molecule has 4 nitrogen and oxygen atoms in total. The van der Waals surface area contributed by atoms with Crippen molar-refractivity contribution in [2.45, 2.75) is 0 Å². The average Bonchev–Trinajstić information content (AvgIpc) is 2.54. The van der Waals surface area contributed by atoms with Gasteiger partial charge in [-0.1, -0.05) is 0 Å². The zero-order valence-corrected chi connectivity index (χ0v) is 9.18. The summed E-state index contributed by atoms with van der Waals surface area (Å²) in [6.07, 6.45) is 5.55. The van der Waals surface area contributed by atoms with Crippen LogP contribution < -0.4 is 0 Å². The molecule has 0 saturated carbocycles. The maximum absolute atomic E-state index is 4.37. The zero-order chi connectivity index (χ0) is 10.8. The van der Waals surface area contributed by atoms with Gasteiger partial charge in [0.15, 0.2) is 0 Å². The topological polar surface area (TPSA) is 33.4 Å². The second-order valence-corrected chi connectivity index (χ2v) is 3.70. The molecular formula is C11H14N4. The summed E-state index contributed by atoms with van der Waals surface area (Å²) < 4.78 is 2.03. The predicted octanol–water partition coefficient (Wildman–Crippen LogP) is 1.79. The van der Waals surface area contributed by atoms with Crippen LogP contribution in [0.25, 0.3) is 11.0 Å². The Bertz CT molecular complexity index is 496. The molecule has 2 aromatic rings. The van der Waals surface area contributed by atoms with Gasteiger partial charge in [-0.25, -0.2) is 4.99 Å². The van der Waals surface area contributed by atoms with Crippen LogP contribution >= 0.6 is 0 Å². The van der Waals surface area contributed by atoms with E-state index < -0.39 is 0 Å². The molecule has 0 atom stereocenters. The fraction of sp³-hybridized carbons (Fsp3) is 0.273. The van der Waals surface area contributed by atoms with Gasteiger partial charge < -0.3 is 9.47 Å². The molecule has 0 unspecified atom stereocenters. The predicted molar refractivity (Wildman–Crippen MR) is 62.6 cm³/mol. The van der Waals surface area contributed by atoms with Gasteiger partial charge in [-0.15, -0.1) is 0 Å². The maximum Gasteiger partial charge on any atom is 0.114 e. The molecule has 2 heterocycles. The molecule has 4 heteroatoms. The molecule has 2 rings (SSSR count). The zero-order valence-electron chi connectivity index (χ0n) is 9.18. The van der Waals surface area contributed by atoms with Crippen molar-refractivity contribution < 1.29 is 0 Å². The van der Waals surface area contributed by atoms with E-state index >= 15 is 0 Å². The summed E-state index contributed by atoms with van der Waals surface area (Å²) in [5.74, 6) is 0. The minimum atomic E-state index is 0.904. The number of aromatic nitrogens is 2. The van der Waals surface area contributed by atoms with Crippen molar-refractivity contribution in [2.75, 3.05) is 14.1 Å². The number of hydrogen-bond acceptors (Lipinski definition) is 2. The van der Waals surface area contributed by atoms with Gasteiger partial charge in [-0.2, -0.15) is 0 Å². The van der Waals surface area contributed by atoms with Crippen LogP contribution in [0, 0.1) is 0 Å². The minimum absolute atomic E-state index is 0.904. The molecule has 15 heavy (non-hydrogen) atoms. The Labute approximate surface area is 88.9 Å². The quantitative estimate of drug-likeness (QED) is 0.549. The number of pyridine rings is 1. The molecule has 0 radical (unpaired) electrons. The van der Waals surface area contributed by atoms with Crippen molar-refractivity contribution >= 4 is 23.1 Å². The van der Waals surface area contributed by atoms with E-state index in [2.05, 4.69) is 9.98 Å². The van der Waals surface area contributed by atoms with Gasteiger partial charge in [0.25, 0.3) is 0 Å².